The van der Waals surface area contributed by atoms with Crippen molar-refractivity contribution >= 4 is 15.4 Å². The first kappa shape index (κ1) is 28.4. The second-order valence-electron chi connectivity index (χ2n) is 13.8. The molecule has 1 rings (SSSR count). The van der Waals surface area contributed by atoms with Crippen molar-refractivity contribution in [3.8, 4) is 0 Å². The predicted octanol–water partition coefficient (Wildman–Crippen LogP) is 9.84. The average Bonchev–Trinajstić information content (AvgIpc) is 2.53. The molecular formula is C28H52OSi2. The van der Waals surface area contributed by atoms with Crippen molar-refractivity contribution in [3.05, 3.63) is 47.5 Å². The van der Waals surface area contributed by atoms with Gasteiger partial charge < -0.3 is 4.43 Å². The van der Waals surface area contributed by atoms with E-state index in [9.17, 15) is 0 Å². The third-order valence-corrected chi connectivity index (χ3v) is 33.0. The summed E-state index contributed by atoms with van der Waals surface area (Å²) in [4.78, 5) is 0. The minimum Gasteiger partial charge on any atom is -0.414 e. The normalized spacial score (nSPS) is 14.5. The zero-order chi connectivity index (χ0) is 24.5. The van der Waals surface area contributed by atoms with E-state index in [2.05, 4.69) is 133 Å². The van der Waals surface area contributed by atoms with Gasteiger partial charge in [-0.05, 0) is 45.6 Å². The summed E-state index contributed by atoms with van der Waals surface area (Å²) in [6, 6.07) is 12.0. The molecule has 0 aromatic heterocycles. The largest absolute Gasteiger partial charge is 0.414 e. The van der Waals surface area contributed by atoms with Crippen molar-refractivity contribution < 1.29 is 4.43 Å². The van der Waals surface area contributed by atoms with E-state index in [4.69, 9.17) is 4.43 Å². The highest BCUT2D eigenvalue weighted by Crippen LogP contribution is 2.68. The Balaban J connectivity index is 4.06. The molecule has 0 saturated carbocycles. The molecule has 0 heterocycles. The first-order valence-electron chi connectivity index (χ1n) is 12.1. The molecule has 1 nitrogen and oxygen atoms in total. The molecule has 0 aliphatic heterocycles. The van der Waals surface area contributed by atoms with Crippen molar-refractivity contribution in [1.29, 1.82) is 0 Å². The summed E-state index contributed by atoms with van der Waals surface area (Å²) in [5.41, 5.74) is 2.72. The minimum atomic E-state index is -2.40. The first-order chi connectivity index (χ1) is 13.7. The Bertz CT molecular complexity index is 702. The molecule has 0 atom stereocenters. The molecule has 31 heavy (non-hydrogen) atoms. The Morgan fingerprint density at radius 1 is 0.710 bits per heavy atom. The Morgan fingerprint density at radius 2 is 1.13 bits per heavy atom. The van der Waals surface area contributed by atoms with Crippen LogP contribution in [0.5, 0.6) is 0 Å². The topological polar surface area (TPSA) is 9.23 Å². The summed E-state index contributed by atoms with van der Waals surface area (Å²) < 4.78 is 7.57. The molecule has 0 aliphatic carbocycles. The van der Waals surface area contributed by atoms with E-state index < -0.39 is 15.4 Å². The van der Waals surface area contributed by atoms with Gasteiger partial charge in [0, 0.05) is 0 Å². The second kappa shape index (κ2) is 9.31. The lowest BCUT2D eigenvalue weighted by Crippen LogP contribution is -2.79. The highest BCUT2D eigenvalue weighted by atomic mass is 29.3. The highest BCUT2D eigenvalue weighted by molar-refractivity contribution is 7.44. The highest BCUT2D eigenvalue weighted by Gasteiger charge is 2.74. The van der Waals surface area contributed by atoms with Crippen LogP contribution in [0.3, 0.4) is 0 Å². The van der Waals surface area contributed by atoms with Crippen LogP contribution in [-0.4, -0.2) is 15.4 Å². The molecule has 0 N–H and O–H groups in total. The van der Waals surface area contributed by atoms with Crippen LogP contribution in [0.2, 0.25) is 26.2 Å². The Kier molecular flexibility index (Phi) is 8.52. The van der Waals surface area contributed by atoms with Crippen LogP contribution in [-0.2, 0) is 11.0 Å². The zero-order valence-electron chi connectivity index (χ0n) is 23.3. The Hall–Kier alpha value is -0.646. The fourth-order valence-electron chi connectivity index (χ4n) is 7.02. The molecule has 0 fully saturated rings. The summed E-state index contributed by atoms with van der Waals surface area (Å²) in [5, 5.41) is 0.645. The molecule has 3 heteroatoms. The maximum Gasteiger partial charge on any atom is 0.192 e. The van der Waals surface area contributed by atoms with Crippen LogP contribution in [0.4, 0.5) is 0 Å². The maximum absolute atomic E-state index is 7.57. The molecule has 0 aliphatic rings. The van der Waals surface area contributed by atoms with Gasteiger partial charge in [-0.25, -0.2) is 0 Å². The molecule has 1 aromatic carbocycles. The van der Waals surface area contributed by atoms with E-state index in [1.807, 2.05) is 0 Å². The van der Waals surface area contributed by atoms with Crippen LogP contribution in [0.15, 0.2) is 42.0 Å². The van der Waals surface area contributed by atoms with E-state index >= 15 is 0 Å². The van der Waals surface area contributed by atoms with Gasteiger partial charge in [-0.2, -0.15) is 0 Å². The van der Waals surface area contributed by atoms with Gasteiger partial charge >= 0.3 is 0 Å². The quantitative estimate of drug-likeness (QED) is 0.303. The smallest absolute Gasteiger partial charge is 0.192 e. The fraction of sp³-hybridized carbons (Fsp3) is 0.714. The Morgan fingerprint density at radius 3 is 1.45 bits per heavy atom. The van der Waals surface area contributed by atoms with Gasteiger partial charge in [-0.1, -0.05) is 125 Å². The van der Waals surface area contributed by atoms with Crippen LogP contribution >= 0.6 is 0 Å². The number of hydrogen-bond acceptors (Lipinski definition) is 1. The summed E-state index contributed by atoms with van der Waals surface area (Å²) in [5.74, 6) is 0. The lowest BCUT2D eigenvalue weighted by Gasteiger charge is -2.68. The van der Waals surface area contributed by atoms with Crippen LogP contribution in [0.1, 0.15) is 102 Å². The van der Waals surface area contributed by atoms with Gasteiger partial charge in [-0.15, -0.1) is 0 Å². The van der Waals surface area contributed by atoms with E-state index in [-0.39, 0.29) is 20.2 Å². The monoisotopic (exact) mass is 460 g/mol. The lowest BCUT2D eigenvalue weighted by molar-refractivity contribution is 0.256. The van der Waals surface area contributed by atoms with Gasteiger partial charge in [-0.3, -0.25) is 0 Å². The van der Waals surface area contributed by atoms with Gasteiger partial charge in [0.2, 0.25) is 0 Å². The van der Waals surface area contributed by atoms with Crippen LogP contribution in [0.25, 0.3) is 0 Å². The van der Waals surface area contributed by atoms with Gasteiger partial charge in [0.1, 0.15) is 0 Å². The van der Waals surface area contributed by atoms with Crippen LogP contribution < -0.4 is 0 Å². The van der Waals surface area contributed by atoms with Crippen molar-refractivity contribution in [2.24, 2.45) is 0 Å². The van der Waals surface area contributed by atoms with Gasteiger partial charge in [0.25, 0.3) is 0 Å². The SMILES string of the molecule is CC(C)=CC[Si](C(C)(C)C)(C(C)(C)C)[Si](OCc1ccccc1)(C(C)(C)C)C(C)(C)C. The molecule has 178 valence electrons. The molecule has 0 radical (unpaired) electrons. The summed E-state index contributed by atoms with van der Waals surface area (Å²) in [6.45, 7) is 35.3. The van der Waals surface area contributed by atoms with E-state index in [0.29, 0.717) is 0 Å². The third-order valence-electron chi connectivity index (χ3n) is 7.39. The van der Waals surface area contributed by atoms with E-state index in [1.54, 1.807) is 0 Å². The fourth-order valence-corrected chi connectivity index (χ4v) is 36.1. The van der Waals surface area contributed by atoms with Crippen molar-refractivity contribution in [1.82, 2.24) is 0 Å². The third kappa shape index (κ3) is 5.30. The summed E-state index contributed by atoms with van der Waals surface area (Å²) in [7, 11) is -4.53. The molecule has 0 amide bonds. The number of rotatable bonds is 6. The van der Waals surface area contributed by atoms with E-state index in [0.717, 1.165) is 6.61 Å². The van der Waals surface area contributed by atoms with Crippen LogP contribution in [0, 0.1) is 0 Å². The standard InChI is InChI=1S/C28H52OSi2/c1-23(2)20-21-30(25(3,4)5,26(6,7)8)31(27(9,10)11,28(12,13)14)29-22-24-18-16-15-17-19-24/h15-20H,21-22H2,1-14H3. The first-order valence-corrected chi connectivity index (χ1v) is 17.2. The number of hydrogen-bond donors (Lipinski definition) is 0. The van der Waals surface area contributed by atoms with E-state index in [1.165, 1.54) is 17.2 Å². The molecule has 0 bridgehead atoms. The second-order valence-corrected chi connectivity index (χ2v) is 28.4. The molecular weight excluding hydrogens is 408 g/mol. The lowest BCUT2D eigenvalue weighted by atomic mass is 10.2. The molecule has 0 unspecified atom stereocenters. The molecule has 0 spiro atoms. The summed E-state index contributed by atoms with van der Waals surface area (Å²) >= 11 is 0. The summed E-state index contributed by atoms with van der Waals surface area (Å²) in [6.07, 6.45) is 2.55. The van der Waals surface area contributed by atoms with Gasteiger partial charge in [0.15, 0.2) is 7.83 Å². The predicted molar refractivity (Wildman–Crippen MR) is 146 cm³/mol. The molecule has 1 aromatic rings. The average molecular weight is 461 g/mol. The van der Waals surface area contributed by atoms with Crippen molar-refractivity contribution in [2.75, 3.05) is 0 Å². The van der Waals surface area contributed by atoms with Crippen molar-refractivity contribution in [3.63, 3.8) is 0 Å². The zero-order valence-corrected chi connectivity index (χ0v) is 25.3. The minimum absolute atomic E-state index is 0.113. The number of allylic oxidation sites excluding steroid dienone is 2. The number of benzene rings is 1. The van der Waals surface area contributed by atoms with Crippen molar-refractivity contribution in [2.45, 2.75) is 130 Å². The van der Waals surface area contributed by atoms with Gasteiger partial charge in [0.05, 0.1) is 14.2 Å². The Labute approximate surface area is 197 Å². The maximum atomic E-state index is 7.57. The molecule has 0 saturated heterocycles.